The molecule has 0 radical (unpaired) electrons. The molecule has 0 fully saturated rings. The summed E-state index contributed by atoms with van der Waals surface area (Å²) in [4.78, 5) is 18.7. The number of nitrogens with one attached hydrogen (secondary N) is 2. The van der Waals surface area contributed by atoms with Gasteiger partial charge in [-0.25, -0.2) is 4.98 Å². The van der Waals surface area contributed by atoms with Crippen LogP contribution < -0.4 is 10.6 Å². The molecule has 2 N–H and O–H groups in total. The van der Waals surface area contributed by atoms with Gasteiger partial charge in [0, 0.05) is 13.6 Å². The second kappa shape index (κ2) is 7.78. The van der Waals surface area contributed by atoms with Crippen molar-refractivity contribution in [2.45, 2.75) is 19.8 Å². The van der Waals surface area contributed by atoms with E-state index in [1.807, 2.05) is 0 Å². The Morgan fingerprint density at radius 3 is 2.68 bits per heavy atom. The Kier molecular flexibility index (Phi) is 6.34. The zero-order valence-corrected chi connectivity index (χ0v) is 12.2. The van der Waals surface area contributed by atoms with Crippen molar-refractivity contribution in [2.75, 3.05) is 36.2 Å². The van der Waals surface area contributed by atoms with E-state index in [0.717, 1.165) is 18.6 Å². The van der Waals surface area contributed by atoms with Crippen LogP contribution in [0.2, 0.25) is 0 Å². The molecule has 0 amide bonds. The number of aromatic nitrogens is 2. The van der Waals surface area contributed by atoms with Gasteiger partial charge in [0.2, 0.25) is 11.8 Å². The van der Waals surface area contributed by atoms with Gasteiger partial charge in [-0.3, -0.25) is 10.1 Å². The van der Waals surface area contributed by atoms with Crippen LogP contribution in [0.1, 0.15) is 18.5 Å². The van der Waals surface area contributed by atoms with E-state index < -0.39 is 4.92 Å². The lowest BCUT2D eigenvalue weighted by Gasteiger charge is -2.09. The number of aryl methyl sites for hydroxylation is 1. The Labute approximate surface area is 116 Å². The first kappa shape index (κ1) is 15.5. The monoisotopic (exact) mass is 285 g/mol. The van der Waals surface area contributed by atoms with Crippen LogP contribution in [0.4, 0.5) is 17.5 Å². The van der Waals surface area contributed by atoms with E-state index in [1.165, 1.54) is 0 Å². The lowest BCUT2D eigenvalue weighted by atomic mass is 10.3. The van der Waals surface area contributed by atoms with Crippen LogP contribution in [0.15, 0.2) is 0 Å². The Bertz CT molecular complexity index is 441. The van der Waals surface area contributed by atoms with E-state index in [0.29, 0.717) is 18.2 Å². The van der Waals surface area contributed by atoms with Gasteiger partial charge in [0.1, 0.15) is 5.69 Å². The molecule has 1 rings (SSSR count). The predicted molar refractivity (Wildman–Crippen MR) is 79.1 cm³/mol. The summed E-state index contributed by atoms with van der Waals surface area (Å²) < 4.78 is 0. The van der Waals surface area contributed by atoms with Crippen LogP contribution in [0.25, 0.3) is 0 Å². The van der Waals surface area contributed by atoms with E-state index in [1.54, 1.807) is 25.7 Å². The van der Waals surface area contributed by atoms with Gasteiger partial charge < -0.3 is 10.6 Å². The summed E-state index contributed by atoms with van der Waals surface area (Å²) in [6.07, 6.45) is 4.09. The van der Waals surface area contributed by atoms with Crippen LogP contribution in [0.3, 0.4) is 0 Å². The van der Waals surface area contributed by atoms with Crippen LogP contribution in [-0.2, 0) is 0 Å². The van der Waals surface area contributed by atoms with E-state index in [4.69, 9.17) is 0 Å². The van der Waals surface area contributed by atoms with E-state index in [2.05, 4.69) is 26.9 Å². The third-order valence-corrected chi connectivity index (χ3v) is 3.23. The molecule has 0 aliphatic rings. The normalized spacial score (nSPS) is 10.3. The smallest absolute Gasteiger partial charge is 0.332 e. The average molecular weight is 285 g/mol. The number of hydrogen-bond acceptors (Lipinski definition) is 7. The number of unbranched alkanes of at least 4 members (excludes halogenated alkanes) is 1. The summed E-state index contributed by atoms with van der Waals surface area (Å²) in [6.45, 7) is 2.28. The van der Waals surface area contributed by atoms with Crippen molar-refractivity contribution >= 4 is 29.2 Å². The summed E-state index contributed by atoms with van der Waals surface area (Å²) in [5.41, 5.74) is 0.305. The second-order valence-electron chi connectivity index (χ2n) is 3.96. The topological polar surface area (TPSA) is 93.0 Å². The zero-order chi connectivity index (χ0) is 14.3. The first-order valence-electron chi connectivity index (χ1n) is 6.03. The molecule has 0 aliphatic heterocycles. The fourth-order valence-electron chi connectivity index (χ4n) is 1.60. The summed E-state index contributed by atoms with van der Waals surface area (Å²) >= 11 is 1.79. The van der Waals surface area contributed by atoms with Crippen molar-refractivity contribution in [3.8, 4) is 0 Å². The molecular weight excluding hydrogens is 266 g/mol. The van der Waals surface area contributed by atoms with Crippen molar-refractivity contribution in [1.29, 1.82) is 0 Å². The summed E-state index contributed by atoms with van der Waals surface area (Å²) in [6, 6.07) is 0. The molecule has 0 spiro atoms. The summed E-state index contributed by atoms with van der Waals surface area (Å²) in [5, 5.41) is 16.9. The molecular formula is C11H19N5O2S. The average Bonchev–Trinajstić information content (AvgIpc) is 2.37. The minimum absolute atomic E-state index is 0.0520. The SMILES string of the molecule is CNc1nc(C)c([N+](=O)[O-])c(NCCCCSC)n1. The number of rotatable bonds is 8. The van der Waals surface area contributed by atoms with Crippen molar-refractivity contribution in [3.63, 3.8) is 0 Å². The van der Waals surface area contributed by atoms with Crippen molar-refractivity contribution < 1.29 is 4.92 Å². The van der Waals surface area contributed by atoms with Gasteiger partial charge >= 0.3 is 5.69 Å². The minimum atomic E-state index is -0.445. The maximum Gasteiger partial charge on any atom is 0.332 e. The highest BCUT2D eigenvalue weighted by atomic mass is 32.2. The predicted octanol–water partition coefficient (Wildman–Crippen LogP) is 2.29. The lowest BCUT2D eigenvalue weighted by molar-refractivity contribution is -0.385. The third kappa shape index (κ3) is 4.55. The van der Waals surface area contributed by atoms with Crippen LogP contribution in [0, 0.1) is 17.0 Å². The first-order chi connectivity index (χ1) is 9.10. The molecule has 0 unspecified atom stereocenters. The number of anilines is 2. The maximum absolute atomic E-state index is 11.0. The van der Waals surface area contributed by atoms with Gasteiger partial charge in [0.25, 0.3) is 0 Å². The number of nitrogens with zero attached hydrogens (tertiary/aromatic N) is 3. The highest BCUT2D eigenvalue weighted by Crippen LogP contribution is 2.26. The molecule has 1 heterocycles. The van der Waals surface area contributed by atoms with Gasteiger partial charge in [-0.2, -0.15) is 16.7 Å². The maximum atomic E-state index is 11.0. The zero-order valence-electron chi connectivity index (χ0n) is 11.4. The van der Waals surface area contributed by atoms with E-state index in [9.17, 15) is 10.1 Å². The largest absolute Gasteiger partial charge is 0.364 e. The molecule has 1 aromatic heterocycles. The molecule has 0 bridgehead atoms. The Morgan fingerprint density at radius 2 is 2.11 bits per heavy atom. The molecule has 0 aliphatic carbocycles. The molecule has 8 heteroatoms. The lowest BCUT2D eigenvalue weighted by Crippen LogP contribution is -2.10. The molecule has 19 heavy (non-hydrogen) atoms. The molecule has 106 valence electrons. The molecule has 0 atom stereocenters. The molecule has 0 saturated heterocycles. The highest BCUT2D eigenvalue weighted by molar-refractivity contribution is 7.98. The first-order valence-corrected chi connectivity index (χ1v) is 7.43. The van der Waals surface area contributed by atoms with Crippen LogP contribution in [0.5, 0.6) is 0 Å². The molecule has 1 aromatic rings. The minimum Gasteiger partial charge on any atom is -0.364 e. The Balaban J connectivity index is 2.78. The van der Waals surface area contributed by atoms with Gasteiger partial charge in [-0.15, -0.1) is 0 Å². The standard InChI is InChI=1S/C11H19N5O2S/c1-8-9(16(17)18)10(15-11(12-2)14-8)13-6-4-5-7-19-3/h4-7H2,1-3H3,(H2,12,13,14,15). The van der Waals surface area contributed by atoms with Crippen molar-refractivity contribution in [1.82, 2.24) is 9.97 Å². The van der Waals surface area contributed by atoms with Crippen molar-refractivity contribution in [2.24, 2.45) is 0 Å². The van der Waals surface area contributed by atoms with Crippen molar-refractivity contribution in [3.05, 3.63) is 15.8 Å². The Morgan fingerprint density at radius 1 is 1.37 bits per heavy atom. The molecule has 0 aromatic carbocycles. The molecule has 0 saturated carbocycles. The fraction of sp³-hybridized carbons (Fsp3) is 0.636. The quantitative estimate of drug-likeness (QED) is 0.430. The number of hydrogen-bond donors (Lipinski definition) is 2. The van der Waals surface area contributed by atoms with Gasteiger partial charge in [0.15, 0.2) is 0 Å². The van der Waals surface area contributed by atoms with Gasteiger partial charge in [-0.05, 0) is 31.8 Å². The third-order valence-electron chi connectivity index (χ3n) is 2.53. The fourth-order valence-corrected chi connectivity index (χ4v) is 2.09. The van der Waals surface area contributed by atoms with Gasteiger partial charge in [-0.1, -0.05) is 0 Å². The van der Waals surface area contributed by atoms with Gasteiger partial charge in [0.05, 0.1) is 4.92 Å². The molecule has 7 nitrogen and oxygen atoms in total. The highest BCUT2D eigenvalue weighted by Gasteiger charge is 2.21. The Hall–Kier alpha value is -1.57. The summed E-state index contributed by atoms with van der Waals surface area (Å²) in [5.74, 6) is 1.76. The second-order valence-corrected chi connectivity index (χ2v) is 4.95. The van der Waals surface area contributed by atoms with Crippen LogP contribution in [-0.4, -0.2) is 40.5 Å². The number of nitro groups is 1. The van der Waals surface area contributed by atoms with Crippen LogP contribution >= 0.6 is 11.8 Å². The van der Waals surface area contributed by atoms with E-state index in [-0.39, 0.29) is 11.5 Å². The summed E-state index contributed by atoms with van der Waals surface area (Å²) in [7, 11) is 1.68. The van der Waals surface area contributed by atoms with E-state index >= 15 is 0 Å². The number of thioether (sulfide) groups is 1.